The predicted octanol–water partition coefficient (Wildman–Crippen LogP) is -16.0. The zero-order chi connectivity index (χ0) is 21.3. The Kier molecular flexibility index (Phi) is 19.9. The second-order valence-corrected chi connectivity index (χ2v) is 9.50. The summed E-state index contributed by atoms with van der Waals surface area (Å²) >= 11 is 0. The van der Waals surface area contributed by atoms with E-state index in [0.717, 1.165) is 16.8 Å². The van der Waals surface area contributed by atoms with Crippen molar-refractivity contribution in [3.63, 3.8) is 0 Å². The molecule has 5 atom stereocenters. The Morgan fingerprint density at radius 1 is 1.06 bits per heavy atom. The standard InChI is InChI=1S/C9H15N2O14P3.4Na/c12-5-3-8(11-2-1-7(13)10-9(11)14)23-6(5)4-22-27(18,19)25-28(20,21)24-26(15,16)17;;;;/h1-2,5-6,8,12H,3-4H2,(H,18,19)(H,20,21)(H,10,13,14)(H2,15,16,17);;;;/q;4*+1/p-4/t5-,6-,8+;;;;/m0..../s1. The molecule has 1 aliphatic heterocycles. The maximum atomic E-state index is 11.7. The van der Waals surface area contributed by atoms with Crippen LogP contribution in [0, 0.1) is 0 Å². The van der Waals surface area contributed by atoms with Gasteiger partial charge in [0, 0.05) is 18.7 Å². The fourth-order valence-electron chi connectivity index (χ4n) is 2.14. The summed E-state index contributed by atoms with van der Waals surface area (Å²) < 4.78 is 49.4. The molecular weight excluding hydrogens is 545 g/mol. The number of H-pyrrole nitrogens is 1. The van der Waals surface area contributed by atoms with Crippen molar-refractivity contribution >= 4 is 23.5 Å². The average Bonchev–Trinajstić information content (AvgIpc) is 2.82. The van der Waals surface area contributed by atoms with Crippen molar-refractivity contribution in [2.75, 3.05) is 6.61 Å². The van der Waals surface area contributed by atoms with Gasteiger partial charge in [0.15, 0.2) is 0 Å². The second kappa shape index (κ2) is 16.1. The second-order valence-electron chi connectivity index (χ2n) is 5.25. The SMILES string of the molecule is O=c1ccn([C@H]2C[C@H](O)[C@H](COP(=O)([O-])OP(=O)([O-])OP(=O)([O-])[O-])O2)c(=O)[nH]1.[Na+].[Na+].[Na+].[Na+]. The number of phosphoric ester groups is 1. The number of ether oxygens (including phenoxy) is 1. The van der Waals surface area contributed by atoms with Gasteiger partial charge in [0.1, 0.15) is 12.3 Å². The molecule has 0 bridgehead atoms. The topological polar surface area (TPSA) is 255 Å². The van der Waals surface area contributed by atoms with Crippen molar-refractivity contribution in [2.24, 2.45) is 0 Å². The quantitative estimate of drug-likeness (QED) is 0.223. The van der Waals surface area contributed by atoms with Gasteiger partial charge in [-0.15, -0.1) is 0 Å². The third-order valence-electron chi connectivity index (χ3n) is 3.16. The number of nitrogens with one attached hydrogen (secondary N) is 1. The molecule has 0 spiro atoms. The van der Waals surface area contributed by atoms with Crippen molar-refractivity contribution < 1.29 is 174 Å². The van der Waals surface area contributed by atoms with E-state index in [1.807, 2.05) is 4.98 Å². The number of phosphoric acid groups is 3. The molecule has 0 aromatic carbocycles. The minimum atomic E-state index is -6.11. The minimum Gasteiger partial charge on any atom is -0.790 e. The first-order valence-corrected chi connectivity index (χ1v) is 11.4. The molecular formula is C9H11N2Na4O14P3. The first-order valence-electron chi connectivity index (χ1n) is 7.04. The summed E-state index contributed by atoms with van der Waals surface area (Å²) in [7, 11) is -18.0. The van der Waals surface area contributed by atoms with Crippen LogP contribution in [0.25, 0.3) is 0 Å². The van der Waals surface area contributed by atoms with Gasteiger partial charge in [-0.2, -0.15) is 0 Å². The van der Waals surface area contributed by atoms with E-state index in [1.165, 1.54) is 0 Å². The van der Waals surface area contributed by atoms with Gasteiger partial charge in [0.05, 0.1) is 20.5 Å². The molecule has 32 heavy (non-hydrogen) atoms. The number of aliphatic hydroxyl groups is 1. The zero-order valence-electron chi connectivity index (χ0n) is 17.3. The molecule has 2 rings (SSSR count). The molecule has 160 valence electrons. The maximum absolute atomic E-state index is 11.7. The first kappa shape index (κ1) is 39.5. The fourth-order valence-corrected chi connectivity index (χ4v) is 5.00. The van der Waals surface area contributed by atoms with E-state index >= 15 is 0 Å². The number of rotatable bonds is 8. The van der Waals surface area contributed by atoms with E-state index in [0.29, 0.717) is 0 Å². The van der Waals surface area contributed by atoms with Crippen molar-refractivity contribution in [3.05, 3.63) is 33.1 Å². The van der Waals surface area contributed by atoms with Crippen molar-refractivity contribution in [1.29, 1.82) is 0 Å². The first-order chi connectivity index (χ1) is 12.7. The number of hydrogen-bond acceptors (Lipinski definition) is 14. The number of aromatic amines is 1. The summed E-state index contributed by atoms with van der Waals surface area (Å²) in [5, 5.41) is 9.86. The van der Waals surface area contributed by atoms with Crippen LogP contribution in [-0.2, 0) is 31.6 Å². The van der Waals surface area contributed by atoms with E-state index in [1.54, 1.807) is 0 Å². The fraction of sp³-hybridized carbons (Fsp3) is 0.556. The molecule has 0 aliphatic carbocycles. The van der Waals surface area contributed by atoms with Gasteiger partial charge >= 0.3 is 124 Å². The van der Waals surface area contributed by atoms with Crippen LogP contribution in [0.4, 0.5) is 0 Å². The van der Waals surface area contributed by atoms with Crippen LogP contribution in [0.1, 0.15) is 12.6 Å². The van der Waals surface area contributed by atoms with Gasteiger partial charge in [-0.3, -0.25) is 27.8 Å². The van der Waals surface area contributed by atoms with Crippen LogP contribution in [-0.4, -0.2) is 33.5 Å². The molecule has 2 N–H and O–H groups in total. The molecule has 1 aromatic rings. The van der Waals surface area contributed by atoms with Gasteiger partial charge in [0.2, 0.25) is 0 Å². The molecule has 2 unspecified atom stereocenters. The van der Waals surface area contributed by atoms with Crippen molar-refractivity contribution in [2.45, 2.75) is 24.9 Å². The van der Waals surface area contributed by atoms with Gasteiger partial charge < -0.3 is 38.5 Å². The van der Waals surface area contributed by atoms with E-state index in [9.17, 15) is 48.0 Å². The molecule has 1 aromatic heterocycles. The van der Waals surface area contributed by atoms with Crippen molar-refractivity contribution in [3.8, 4) is 0 Å². The number of aromatic nitrogens is 2. The molecule has 23 heteroatoms. The molecule has 0 amide bonds. The van der Waals surface area contributed by atoms with Crippen LogP contribution in [0.3, 0.4) is 0 Å². The number of aliphatic hydroxyl groups excluding tert-OH is 1. The van der Waals surface area contributed by atoms with E-state index in [2.05, 4.69) is 13.1 Å². The van der Waals surface area contributed by atoms with E-state index < -0.39 is 59.8 Å². The van der Waals surface area contributed by atoms with Gasteiger partial charge in [-0.25, -0.2) is 9.11 Å². The smallest absolute Gasteiger partial charge is 0.790 e. The Hall–Kier alpha value is 3.01. The van der Waals surface area contributed by atoms with Crippen LogP contribution in [0.15, 0.2) is 21.9 Å². The Bertz CT molecular complexity index is 983. The summed E-state index contributed by atoms with van der Waals surface area (Å²) in [6.07, 6.45) is -3.02. The van der Waals surface area contributed by atoms with Crippen LogP contribution in [0.2, 0.25) is 0 Å². The van der Waals surface area contributed by atoms with Crippen LogP contribution in [0.5, 0.6) is 0 Å². The largest absolute Gasteiger partial charge is 1.00 e. The molecule has 0 radical (unpaired) electrons. The Morgan fingerprint density at radius 2 is 1.62 bits per heavy atom. The van der Waals surface area contributed by atoms with Crippen molar-refractivity contribution in [1.82, 2.24) is 9.55 Å². The Morgan fingerprint density at radius 3 is 2.12 bits per heavy atom. The van der Waals surface area contributed by atoms with Gasteiger partial charge in [-0.05, 0) is 0 Å². The molecule has 0 saturated carbocycles. The van der Waals surface area contributed by atoms with E-state index in [-0.39, 0.29) is 125 Å². The molecule has 1 aliphatic rings. The zero-order valence-corrected chi connectivity index (χ0v) is 28.0. The Balaban J connectivity index is -0.00000210. The molecule has 1 fully saturated rings. The molecule has 1 saturated heterocycles. The van der Waals surface area contributed by atoms with Gasteiger partial charge in [0.25, 0.3) is 21.2 Å². The van der Waals surface area contributed by atoms with Crippen LogP contribution < -0.4 is 149 Å². The van der Waals surface area contributed by atoms with Crippen LogP contribution >= 0.6 is 23.5 Å². The van der Waals surface area contributed by atoms with E-state index in [4.69, 9.17) is 4.74 Å². The summed E-state index contributed by atoms with van der Waals surface area (Å²) in [5.74, 6) is 0. The maximum Gasteiger partial charge on any atom is 1.00 e. The Labute approximate surface area is 268 Å². The summed E-state index contributed by atoms with van der Waals surface area (Å²) in [4.78, 5) is 67.6. The minimum absolute atomic E-state index is 0. The molecule has 2 heterocycles. The van der Waals surface area contributed by atoms with Gasteiger partial charge in [-0.1, -0.05) is 0 Å². The summed E-state index contributed by atoms with van der Waals surface area (Å²) in [5.41, 5.74) is -1.55. The average molecular weight is 556 g/mol. The third-order valence-corrected chi connectivity index (χ3v) is 6.83. The number of hydrogen-bond donors (Lipinski definition) is 2. The monoisotopic (exact) mass is 556 g/mol. The predicted molar refractivity (Wildman–Crippen MR) is 76.8 cm³/mol. The summed E-state index contributed by atoms with van der Waals surface area (Å²) in [6, 6.07) is 0.997. The normalized spacial score (nSPS) is 23.8. The number of nitrogens with zero attached hydrogens (tertiary/aromatic N) is 1. The summed E-state index contributed by atoms with van der Waals surface area (Å²) in [6.45, 7) is -0.997. The molecule has 16 nitrogen and oxygen atoms in total. The third kappa shape index (κ3) is 13.5.